The zero-order valence-electron chi connectivity index (χ0n) is 21.9. The maximum absolute atomic E-state index is 12.5. The molecule has 4 aromatic rings. The summed E-state index contributed by atoms with van der Waals surface area (Å²) in [7, 11) is 1.51. The molecule has 0 unspecified atom stereocenters. The van der Waals surface area contributed by atoms with Crippen LogP contribution in [-0.4, -0.2) is 45.1 Å². The first kappa shape index (κ1) is 27.6. The number of alkyl halides is 3. The summed E-state index contributed by atoms with van der Waals surface area (Å²) in [4.78, 5) is 28.6. The maximum Gasteiger partial charge on any atom is 0.395 e. The summed E-state index contributed by atoms with van der Waals surface area (Å²) in [5.74, 6) is -0.328. The van der Waals surface area contributed by atoms with Gasteiger partial charge in [0.15, 0.2) is 5.65 Å². The van der Waals surface area contributed by atoms with Gasteiger partial charge in [0.25, 0.3) is 5.91 Å². The molecule has 0 bridgehead atoms. The molecule has 11 heteroatoms. The van der Waals surface area contributed by atoms with Crippen LogP contribution in [0.5, 0.6) is 5.75 Å². The molecule has 0 aliphatic rings. The fraction of sp³-hybridized carbons (Fsp3) is 0.286. The standard InChI is InChI=1S/C28H28F3N5O3/c1-27(2,3)34-25(38)19-9-11-22(23(14-19)39-4)32-26-33-24-12-10-20(16-36(24)35-26)18-7-5-17(6-8-18)13-21(37)15-28(29,30)31/h5-12,14,16H,13,15H2,1-4H3,(H,32,35)(H,34,38). The highest BCUT2D eigenvalue weighted by atomic mass is 19.4. The first-order valence-corrected chi connectivity index (χ1v) is 12.1. The van der Waals surface area contributed by atoms with Crippen LogP contribution in [0.25, 0.3) is 16.8 Å². The molecule has 0 radical (unpaired) electrons. The van der Waals surface area contributed by atoms with E-state index in [0.29, 0.717) is 34.2 Å². The minimum atomic E-state index is -4.50. The van der Waals surface area contributed by atoms with Crippen LogP contribution in [0.4, 0.5) is 24.8 Å². The number of nitrogens with zero attached hydrogens (tertiary/aromatic N) is 3. The van der Waals surface area contributed by atoms with Gasteiger partial charge in [-0.1, -0.05) is 24.3 Å². The highest BCUT2D eigenvalue weighted by Crippen LogP contribution is 2.29. The van der Waals surface area contributed by atoms with Gasteiger partial charge in [-0.05, 0) is 62.2 Å². The van der Waals surface area contributed by atoms with Gasteiger partial charge in [-0.3, -0.25) is 9.59 Å². The Balaban J connectivity index is 1.49. The Morgan fingerprint density at radius 2 is 1.67 bits per heavy atom. The molecule has 0 aliphatic heterocycles. The largest absolute Gasteiger partial charge is 0.495 e. The highest BCUT2D eigenvalue weighted by Gasteiger charge is 2.30. The lowest BCUT2D eigenvalue weighted by Crippen LogP contribution is -2.40. The van der Waals surface area contributed by atoms with Crippen LogP contribution in [0, 0.1) is 0 Å². The van der Waals surface area contributed by atoms with E-state index in [-0.39, 0.29) is 17.9 Å². The highest BCUT2D eigenvalue weighted by molar-refractivity contribution is 5.95. The van der Waals surface area contributed by atoms with Crippen LogP contribution in [-0.2, 0) is 11.2 Å². The lowest BCUT2D eigenvalue weighted by Gasteiger charge is -2.21. The molecule has 2 N–H and O–H groups in total. The Morgan fingerprint density at radius 1 is 0.974 bits per heavy atom. The normalized spacial score (nSPS) is 11.9. The lowest BCUT2D eigenvalue weighted by molar-refractivity contribution is -0.151. The van der Waals surface area contributed by atoms with Gasteiger partial charge in [-0.15, -0.1) is 5.10 Å². The van der Waals surface area contributed by atoms with Crippen molar-refractivity contribution in [2.75, 3.05) is 12.4 Å². The van der Waals surface area contributed by atoms with Crippen molar-refractivity contribution >= 4 is 29.0 Å². The SMILES string of the molecule is COc1cc(C(=O)NC(C)(C)C)ccc1Nc1nc2ccc(-c3ccc(CC(=O)CC(F)(F)F)cc3)cn2n1. The number of nitrogens with one attached hydrogen (secondary N) is 2. The van der Waals surface area contributed by atoms with E-state index in [2.05, 4.69) is 20.7 Å². The van der Waals surface area contributed by atoms with E-state index in [1.807, 2.05) is 26.8 Å². The Labute approximate surface area is 223 Å². The van der Waals surface area contributed by atoms with Gasteiger partial charge in [0.05, 0.1) is 12.8 Å². The third-order valence-electron chi connectivity index (χ3n) is 5.62. The molecule has 0 fully saturated rings. The van der Waals surface area contributed by atoms with Crippen LogP contribution in [0.3, 0.4) is 0 Å². The second-order valence-corrected chi connectivity index (χ2v) is 10.1. The van der Waals surface area contributed by atoms with Gasteiger partial charge in [-0.25, -0.2) is 4.52 Å². The summed E-state index contributed by atoms with van der Waals surface area (Å²) in [6.07, 6.45) is -4.44. The number of pyridine rings is 1. The monoisotopic (exact) mass is 539 g/mol. The summed E-state index contributed by atoms with van der Waals surface area (Å²) < 4.78 is 44.3. The lowest BCUT2D eigenvalue weighted by atomic mass is 10.0. The fourth-order valence-electron chi connectivity index (χ4n) is 3.90. The number of anilines is 2. The molecule has 2 aromatic heterocycles. The Hall–Kier alpha value is -4.41. The number of ketones is 1. The number of aromatic nitrogens is 3. The quantitative estimate of drug-likeness (QED) is 0.296. The van der Waals surface area contributed by atoms with E-state index in [9.17, 15) is 22.8 Å². The van der Waals surface area contributed by atoms with Crippen LogP contribution in [0.1, 0.15) is 43.1 Å². The molecule has 204 valence electrons. The maximum atomic E-state index is 12.5. The van der Waals surface area contributed by atoms with Crippen molar-refractivity contribution in [3.05, 3.63) is 71.9 Å². The molecule has 0 spiro atoms. The number of hydrogen-bond donors (Lipinski definition) is 2. The Bertz CT molecular complexity index is 1510. The van der Waals surface area contributed by atoms with Gasteiger partial charge in [0.1, 0.15) is 18.0 Å². The van der Waals surface area contributed by atoms with Crippen molar-refractivity contribution < 1.29 is 27.5 Å². The third kappa shape index (κ3) is 7.34. The molecule has 4 rings (SSSR count). The number of amides is 1. The number of hydrogen-bond acceptors (Lipinski definition) is 6. The summed E-state index contributed by atoms with van der Waals surface area (Å²) in [5, 5.41) is 10.5. The predicted molar refractivity (Wildman–Crippen MR) is 141 cm³/mol. The second-order valence-electron chi connectivity index (χ2n) is 10.1. The van der Waals surface area contributed by atoms with Crippen LogP contribution in [0.15, 0.2) is 60.8 Å². The number of ether oxygens (including phenoxy) is 1. The molecule has 39 heavy (non-hydrogen) atoms. The molecule has 2 aromatic carbocycles. The van der Waals surface area contributed by atoms with Crippen molar-refractivity contribution in [3.63, 3.8) is 0 Å². The van der Waals surface area contributed by atoms with Crippen molar-refractivity contribution in [1.82, 2.24) is 19.9 Å². The molecule has 2 heterocycles. The molecule has 0 aliphatic carbocycles. The molecule has 0 atom stereocenters. The topological polar surface area (TPSA) is 97.6 Å². The van der Waals surface area contributed by atoms with Crippen molar-refractivity contribution in [1.29, 1.82) is 0 Å². The molecule has 0 saturated carbocycles. The third-order valence-corrected chi connectivity index (χ3v) is 5.62. The van der Waals surface area contributed by atoms with E-state index in [1.165, 1.54) is 7.11 Å². The molecule has 0 saturated heterocycles. The van der Waals surface area contributed by atoms with E-state index < -0.39 is 18.4 Å². The average molecular weight is 540 g/mol. The van der Waals surface area contributed by atoms with E-state index in [4.69, 9.17) is 4.74 Å². The minimum Gasteiger partial charge on any atom is -0.495 e. The van der Waals surface area contributed by atoms with Gasteiger partial charge < -0.3 is 15.4 Å². The Morgan fingerprint density at radius 3 is 2.31 bits per heavy atom. The van der Waals surface area contributed by atoms with Gasteiger partial charge in [0.2, 0.25) is 5.95 Å². The second kappa shape index (κ2) is 10.8. The first-order valence-electron chi connectivity index (χ1n) is 12.1. The van der Waals surface area contributed by atoms with Gasteiger partial charge >= 0.3 is 6.18 Å². The average Bonchev–Trinajstić information content (AvgIpc) is 3.24. The number of halogens is 3. The van der Waals surface area contributed by atoms with Crippen LogP contribution >= 0.6 is 0 Å². The Kier molecular flexibility index (Phi) is 7.62. The predicted octanol–water partition coefficient (Wildman–Crippen LogP) is 5.74. The number of carbonyl (C=O) groups is 2. The van der Waals surface area contributed by atoms with Gasteiger partial charge in [0, 0.05) is 29.3 Å². The minimum absolute atomic E-state index is 0.216. The molecular weight excluding hydrogens is 511 g/mol. The van der Waals surface area contributed by atoms with E-state index in [1.54, 1.807) is 59.2 Å². The summed E-state index contributed by atoms with van der Waals surface area (Å²) in [6.45, 7) is 5.70. The van der Waals surface area contributed by atoms with Crippen LogP contribution in [0.2, 0.25) is 0 Å². The first-order chi connectivity index (χ1) is 18.3. The van der Waals surface area contributed by atoms with Crippen LogP contribution < -0.4 is 15.4 Å². The number of fused-ring (bicyclic) bond motifs is 1. The van der Waals surface area contributed by atoms with Crippen molar-refractivity contribution in [3.8, 4) is 16.9 Å². The summed E-state index contributed by atoms with van der Waals surface area (Å²) >= 11 is 0. The zero-order chi connectivity index (χ0) is 28.4. The van der Waals surface area contributed by atoms with Crippen molar-refractivity contribution in [2.24, 2.45) is 0 Å². The van der Waals surface area contributed by atoms with Crippen molar-refractivity contribution in [2.45, 2.75) is 45.3 Å². The van der Waals surface area contributed by atoms with E-state index >= 15 is 0 Å². The zero-order valence-corrected chi connectivity index (χ0v) is 21.9. The molecule has 8 nitrogen and oxygen atoms in total. The smallest absolute Gasteiger partial charge is 0.395 e. The summed E-state index contributed by atoms with van der Waals surface area (Å²) in [5.41, 5.74) is 3.36. The van der Waals surface area contributed by atoms with E-state index in [0.717, 1.165) is 11.1 Å². The summed E-state index contributed by atoms with van der Waals surface area (Å²) in [6, 6.07) is 15.4. The molecular formula is C28H28F3N5O3. The number of rotatable bonds is 8. The fourth-order valence-corrected chi connectivity index (χ4v) is 3.90. The van der Waals surface area contributed by atoms with Gasteiger partial charge in [-0.2, -0.15) is 18.2 Å². The number of benzene rings is 2. The number of Topliss-reactive ketones (excluding diaryl/α,β-unsaturated/α-hetero) is 1. The number of methoxy groups -OCH3 is 1. The molecule has 1 amide bonds. The number of carbonyl (C=O) groups excluding carboxylic acids is 2.